The number of nitrogens with zero attached hydrogens (tertiary/aromatic N) is 6. The molecule has 0 atom stereocenters. The summed E-state index contributed by atoms with van der Waals surface area (Å²) < 4.78 is 1.66. The van der Waals surface area contributed by atoms with Gasteiger partial charge < -0.3 is 9.80 Å². The third-order valence-corrected chi connectivity index (χ3v) is 5.42. The van der Waals surface area contributed by atoms with Crippen LogP contribution in [0.3, 0.4) is 0 Å². The van der Waals surface area contributed by atoms with Gasteiger partial charge in [0.25, 0.3) is 0 Å². The standard InChI is InChI=1S/C19H20N6OS/c26-18(24-13-11-23(12-14-24)16-7-3-1-4-8-16)15-27-19-20-21-22-25(19)17-9-5-2-6-10-17/h1-10H,11-15H2. The van der Waals surface area contributed by atoms with E-state index < -0.39 is 0 Å². The molecule has 1 fully saturated rings. The monoisotopic (exact) mass is 380 g/mol. The highest BCUT2D eigenvalue weighted by Gasteiger charge is 2.22. The van der Waals surface area contributed by atoms with Gasteiger partial charge in [-0.15, -0.1) is 5.10 Å². The lowest BCUT2D eigenvalue weighted by atomic mass is 10.2. The van der Waals surface area contributed by atoms with Crippen molar-refractivity contribution in [3.63, 3.8) is 0 Å². The van der Waals surface area contributed by atoms with E-state index >= 15 is 0 Å². The maximum atomic E-state index is 12.6. The third-order valence-electron chi connectivity index (χ3n) is 4.52. The number of amides is 1. The number of hydrogen-bond acceptors (Lipinski definition) is 6. The molecule has 3 aromatic rings. The summed E-state index contributed by atoms with van der Waals surface area (Å²) >= 11 is 1.37. The number of carbonyl (C=O) groups is 1. The number of rotatable bonds is 5. The molecule has 0 spiro atoms. The number of thioether (sulfide) groups is 1. The Morgan fingerprint density at radius 3 is 2.19 bits per heavy atom. The molecule has 1 aliphatic rings. The normalized spacial score (nSPS) is 14.4. The van der Waals surface area contributed by atoms with Crippen molar-refractivity contribution in [1.82, 2.24) is 25.1 Å². The molecule has 1 aliphatic heterocycles. The number of anilines is 1. The molecule has 8 heteroatoms. The zero-order valence-corrected chi connectivity index (χ0v) is 15.6. The Labute approximate surface area is 162 Å². The second-order valence-corrected chi connectivity index (χ2v) is 7.14. The lowest BCUT2D eigenvalue weighted by Crippen LogP contribution is -2.49. The molecular formula is C19H20N6OS. The van der Waals surface area contributed by atoms with E-state index in [2.05, 4.69) is 32.6 Å². The number of benzene rings is 2. The topological polar surface area (TPSA) is 67.2 Å². The molecule has 1 aromatic heterocycles. The van der Waals surface area contributed by atoms with E-state index in [1.165, 1.54) is 17.4 Å². The molecule has 0 unspecified atom stereocenters. The lowest BCUT2D eigenvalue weighted by molar-refractivity contribution is -0.128. The van der Waals surface area contributed by atoms with Gasteiger partial charge in [-0.1, -0.05) is 48.2 Å². The van der Waals surface area contributed by atoms with Crippen LogP contribution in [0, 0.1) is 0 Å². The molecule has 0 aliphatic carbocycles. The molecular weight excluding hydrogens is 360 g/mol. The smallest absolute Gasteiger partial charge is 0.233 e. The van der Waals surface area contributed by atoms with Crippen LogP contribution in [0.15, 0.2) is 65.8 Å². The molecule has 0 bridgehead atoms. The van der Waals surface area contributed by atoms with Crippen LogP contribution in [0.1, 0.15) is 0 Å². The maximum absolute atomic E-state index is 12.6. The Balaban J connectivity index is 1.32. The highest BCUT2D eigenvalue weighted by Crippen LogP contribution is 2.20. The third kappa shape index (κ3) is 4.11. The van der Waals surface area contributed by atoms with Gasteiger partial charge in [0, 0.05) is 31.9 Å². The Hall–Kier alpha value is -2.87. The Morgan fingerprint density at radius 2 is 1.52 bits per heavy atom. The SMILES string of the molecule is O=C(CSc1nnnn1-c1ccccc1)N1CCN(c2ccccc2)CC1. The number of para-hydroxylation sites is 2. The second kappa shape index (κ2) is 8.22. The molecule has 7 nitrogen and oxygen atoms in total. The summed E-state index contributed by atoms with van der Waals surface area (Å²) in [6, 6.07) is 20.0. The van der Waals surface area contributed by atoms with E-state index in [-0.39, 0.29) is 5.91 Å². The van der Waals surface area contributed by atoms with Crippen molar-refractivity contribution < 1.29 is 4.79 Å². The average Bonchev–Trinajstić information content (AvgIpc) is 3.22. The van der Waals surface area contributed by atoms with Crippen LogP contribution in [0.2, 0.25) is 0 Å². The van der Waals surface area contributed by atoms with E-state index in [0.717, 1.165) is 31.9 Å². The van der Waals surface area contributed by atoms with Gasteiger partial charge in [0.2, 0.25) is 11.1 Å². The molecule has 0 N–H and O–H groups in total. The first-order valence-electron chi connectivity index (χ1n) is 8.85. The number of aromatic nitrogens is 4. The molecule has 138 valence electrons. The molecule has 2 aromatic carbocycles. The van der Waals surface area contributed by atoms with Gasteiger partial charge in [0.15, 0.2) is 0 Å². The van der Waals surface area contributed by atoms with E-state index in [1.54, 1.807) is 4.68 Å². The second-order valence-electron chi connectivity index (χ2n) is 6.20. The van der Waals surface area contributed by atoms with Crippen molar-refractivity contribution in [2.24, 2.45) is 0 Å². The molecule has 1 saturated heterocycles. The predicted octanol–water partition coefficient (Wildman–Crippen LogP) is 2.10. The Kier molecular flexibility index (Phi) is 5.34. The van der Waals surface area contributed by atoms with Gasteiger partial charge in [-0.05, 0) is 34.7 Å². The highest BCUT2D eigenvalue weighted by molar-refractivity contribution is 7.99. The fraction of sp³-hybridized carbons (Fsp3) is 0.263. The minimum atomic E-state index is 0.121. The van der Waals surface area contributed by atoms with E-state index in [9.17, 15) is 4.79 Å². The van der Waals surface area contributed by atoms with E-state index in [0.29, 0.717) is 10.9 Å². The van der Waals surface area contributed by atoms with Gasteiger partial charge in [-0.25, -0.2) is 0 Å². The summed E-state index contributed by atoms with van der Waals surface area (Å²) in [7, 11) is 0. The van der Waals surface area contributed by atoms with Crippen molar-refractivity contribution >= 4 is 23.4 Å². The molecule has 0 radical (unpaired) electrons. The molecule has 1 amide bonds. The minimum absolute atomic E-state index is 0.121. The largest absolute Gasteiger partial charge is 0.368 e. The van der Waals surface area contributed by atoms with Crippen LogP contribution in [0.25, 0.3) is 5.69 Å². The minimum Gasteiger partial charge on any atom is -0.368 e. The van der Waals surface area contributed by atoms with Crippen molar-refractivity contribution in [3.8, 4) is 5.69 Å². The van der Waals surface area contributed by atoms with Crippen LogP contribution in [0.5, 0.6) is 0 Å². The maximum Gasteiger partial charge on any atom is 0.233 e. The summed E-state index contributed by atoms with van der Waals surface area (Å²) in [4.78, 5) is 16.8. The number of piperazine rings is 1. The highest BCUT2D eigenvalue weighted by atomic mass is 32.2. The summed E-state index contributed by atoms with van der Waals surface area (Å²) in [5.74, 6) is 0.453. The fourth-order valence-corrected chi connectivity index (χ4v) is 3.86. The number of carbonyl (C=O) groups excluding carboxylic acids is 1. The molecule has 2 heterocycles. The summed E-state index contributed by atoms with van der Waals surface area (Å²) in [6.45, 7) is 3.17. The van der Waals surface area contributed by atoms with Crippen LogP contribution < -0.4 is 4.90 Å². The molecule has 0 saturated carbocycles. The van der Waals surface area contributed by atoms with Crippen LogP contribution in [-0.4, -0.2) is 62.9 Å². The zero-order chi connectivity index (χ0) is 18.5. The van der Waals surface area contributed by atoms with Crippen molar-refractivity contribution in [3.05, 3.63) is 60.7 Å². The van der Waals surface area contributed by atoms with Crippen molar-refractivity contribution in [2.75, 3.05) is 36.8 Å². The first kappa shape index (κ1) is 17.5. The predicted molar refractivity (Wildman–Crippen MR) is 105 cm³/mol. The van der Waals surface area contributed by atoms with Gasteiger partial charge in [-0.3, -0.25) is 4.79 Å². The molecule has 27 heavy (non-hydrogen) atoms. The first-order chi connectivity index (χ1) is 13.3. The summed E-state index contributed by atoms with van der Waals surface area (Å²) in [5.41, 5.74) is 2.09. The summed E-state index contributed by atoms with van der Waals surface area (Å²) in [5, 5.41) is 12.4. The molecule has 4 rings (SSSR count). The van der Waals surface area contributed by atoms with E-state index in [4.69, 9.17) is 0 Å². The van der Waals surface area contributed by atoms with Gasteiger partial charge in [0.05, 0.1) is 11.4 Å². The first-order valence-corrected chi connectivity index (χ1v) is 9.84. The lowest BCUT2D eigenvalue weighted by Gasteiger charge is -2.36. The number of hydrogen-bond donors (Lipinski definition) is 0. The van der Waals surface area contributed by atoms with Crippen LogP contribution >= 0.6 is 11.8 Å². The fourth-order valence-electron chi connectivity index (χ4n) is 3.07. The van der Waals surface area contributed by atoms with Gasteiger partial charge in [0.1, 0.15) is 0 Å². The van der Waals surface area contributed by atoms with Gasteiger partial charge >= 0.3 is 0 Å². The zero-order valence-electron chi connectivity index (χ0n) is 14.8. The number of tetrazole rings is 1. The van der Waals surface area contributed by atoms with E-state index in [1.807, 2.05) is 53.4 Å². The van der Waals surface area contributed by atoms with Crippen LogP contribution in [-0.2, 0) is 4.79 Å². The van der Waals surface area contributed by atoms with Crippen molar-refractivity contribution in [2.45, 2.75) is 5.16 Å². The Morgan fingerprint density at radius 1 is 0.889 bits per heavy atom. The van der Waals surface area contributed by atoms with Gasteiger partial charge in [-0.2, -0.15) is 4.68 Å². The Bertz CT molecular complexity index is 877. The quantitative estimate of drug-likeness (QED) is 0.632. The summed E-state index contributed by atoms with van der Waals surface area (Å²) in [6.07, 6.45) is 0. The van der Waals surface area contributed by atoms with Crippen LogP contribution in [0.4, 0.5) is 5.69 Å². The average molecular weight is 380 g/mol. The van der Waals surface area contributed by atoms with Crippen molar-refractivity contribution in [1.29, 1.82) is 0 Å².